The van der Waals surface area contributed by atoms with Crippen LogP contribution in [0, 0.1) is 0 Å². The number of fused-ring (bicyclic) bond motifs is 2. The van der Waals surface area contributed by atoms with Gasteiger partial charge in [0, 0.05) is 31.7 Å². The lowest BCUT2D eigenvalue weighted by molar-refractivity contribution is -0.127. The van der Waals surface area contributed by atoms with Crippen molar-refractivity contribution in [2.45, 2.75) is 62.7 Å². The molecule has 2 atom stereocenters. The normalized spacial score (nSPS) is 30.7. The van der Waals surface area contributed by atoms with Crippen molar-refractivity contribution in [2.75, 3.05) is 19.6 Å². The molecule has 0 aromatic rings. The predicted molar refractivity (Wildman–Crippen MR) is 89.1 cm³/mol. The minimum Gasteiger partial charge on any atom is -0.351 e. The second-order valence-electron chi connectivity index (χ2n) is 7.56. The van der Waals surface area contributed by atoms with Crippen molar-refractivity contribution in [3.63, 3.8) is 0 Å². The van der Waals surface area contributed by atoms with E-state index in [-0.39, 0.29) is 18.5 Å². The molecule has 146 valence electrons. The molecular weight excluding hydrogens is 364 g/mol. The number of piperidine rings is 2. The molecule has 1 saturated carbocycles. The van der Waals surface area contributed by atoms with Gasteiger partial charge < -0.3 is 15.1 Å². The van der Waals surface area contributed by atoms with Crippen molar-refractivity contribution >= 4 is 22.3 Å². The highest BCUT2D eigenvalue weighted by atomic mass is 32.3. The van der Waals surface area contributed by atoms with Crippen LogP contribution in [0.1, 0.15) is 38.5 Å². The van der Waals surface area contributed by atoms with E-state index in [0.29, 0.717) is 17.9 Å². The molecule has 0 unspecified atom stereocenters. The van der Waals surface area contributed by atoms with E-state index in [2.05, 4.69) is 14.5 Å². The van der Waals surface area contributed by atoms with Crippen LogP contribution < -0.4 is 5.32 Å². The van der Waals surface area contributed by atoms with Crippen LogP contribution >= 0.6 is 0 Å². The average molecular weight is 388 g/mol. The minimum atomic E-state index is -4.77. The van der Waals surface area contributed by atoms with Crippen LogP contribution in [0.15, 0.2) is 0 Å². The molecular formula is C15H24N4O6S. The second-order valence-corrected chi connectivity index (χ2v) is 8.56. The van der Waals surface area contributed by atoms with E-state index >= 15 is 0 Å². The van der Waals surface area contributed by atoms with Gasteiger partial charge in [-0.25, -0.2) is 4.79 Å². The zero-order valence-electron chi connectivity index (χ0n) is 14.4. The van der Waals surface area contributed by atoms with Gasteiger partial charge in [-0.3, -0.25) is 9.35 Å². The second kappa shape index (κ2) is 6.63. The topological polar surface area (TPSA) is 119 Å². The van der Waals surface area contributed by atoms with Gasteiger partial charge in [0.15, 0.2) is 0 Å². The first kappa shape index (κ1) is 18.0. The summed E-state index contributed by atoms with van der Waals surface area (Å²) in [4.78, 5) is 28.8. The van der Waals surface area contributed by atoms with Crippen LogP contribution in [0.5, 0.6) is 0 Å². The van der Waals surface area contributed by atoms with Crippen LogP contribution in [0.25, 0.3) is 0 Å². The van der Waals surface area contributed by atoms with Gasteiger partial charge in [0.25, 0.3) is 0 Å². The van der Waals surface area contributed by atoms with Crippen molar-refractivity contribution < 1.29 is 26.8 Å². The first-order valence-electron chi connectivity index (χ1n) is 9.13. The fraction of sp³-hybridized carbons (Fsp3) is 0.867. The first-order valence-corrected chi connectivity index (χ1v) is 10.5. The number of hydrogen-bond acceptors (Lipinski definition) is 6. The number of rotatable bonds is 5. The molecule has 4 aliphatic rings. The summed E-state index contributed by atoms with van der Waals surface area (Å²) in [5, 5.41) is 3.71. The monoisotopic (exact) mass is 388 g/mol. The molecule has 1 aliphatic carbocycles. The van der Waals surface area contributed by atoms with Crippen LogP contribution in [0.2, 0.25) is 0 Å². The Bertz CT molecular complexity index is 688. The Morgan fingerprint density at radius 2 is 1.73 bits per heavy atom. The summed E-state index contributed by atoms with van der Waals surface area (Å²) in [5.74, 6) is -0.199. The number of hydrogen-bond donors (Lipinski definition) is 2. The predicted octanol–water partition coefficient (Wildman–Crippen LogP) is -0.268. The number of carbonyl (C=O) groups is 2. The van der Waals surface area contributed by atoms with Gasteiger partial charge in [-0.05, 0) is 38.5 Å². The Hall–Kier alpha value is -1.43. The Labute approximate surface area is 152 Å². The summed E-state index contributed by atoms with van der Waals surface area (Å²) in [7, 11) is -4.77. The largest absolute Gasteiger partial charge is 0.418 e. The summed E-state index contributed by atoms with van der Waals surface area (Å²) in [6.07, 6.45) is 5.25. The number of likely N-dealkylation sites (tertiary alicyclic amines) is 1. The van der Waals surface area contributed by atoms with Gasteiger partial charge >= 0.3 is 16.4 Å². The number of nitrogens with zero attached hydrogens (tertiary/aromatic N) is 3. The Balaban J connectivity index is 1.33. The fourth-order valence-corrected chi connectivity index (χ4v) is 4.64. The van der Waals surface area contributed by atoms with Gasteiger partial charge in [0.05, 0.1) is 6.04 Å². The summed E-state index contributed by atoms with van der Waals surface area (Å²) in [6, 6.07) is -0.963. The molecule has 4 fully saturated rings. The molecule has 4 rings (SSSR count). The number of urea groups is 1. The van der Waals surface area contributed by atoms with E-state index in [4.69, 9.17) is 4.55 Å². The number of nitrogens with one attached hydrogen (secondary N) is 1. The third-order valence-corrected chi connectivity index (χ3v) is 6.09. The lowest BCUT2D eigenvalue weighted by Crippen LogP contribution is -2.54. The Kier molecular flexibility index (Phi) is 4.58. The molecule has 3 saturated heterocycles. The van der Waals surface area contributed by atoms with Crippen LogP contribution in [-0.4, -0.2) is 83.6 Å². The molecule has 0 spiro atoms. The highest BCUT2D eigenvalue weighted by Crippen LogP contribution is 2.32. The number of amides is 3. The summed E-state index contributed by atoms with van der Waals surface area (Å²) >= 11 is 0. The van der Waals surface area contributed by atoms with Gasteiger partial charge in [-0.1, -0.05) is 0 Å². The smallest absolute Gasteiger partial charge is 0.351 e. The highest BCUT2D eigenvalue weighted by Gasteiger charge is 2.49. The lowest BCUT2D eigenvalue weighted by atomic mass is 9.98. The van der Waals surface area contributed by atoms with Crippen molar-refractivity contribution in [1.29, 1.82) is 0 Å². The molecule has 3 heterocycles. The third-order valence-electron chi connectivity index (χ3n) is 5.74. The van der Waals surface area contributed by atoms with E-state index in [9.17, 15) is 18.0 Å². The van der Waals surface area contributed by atoms with E-state index in [1.807, 2.05) is 0 Å². The maximum atomic E-state index is 12.7. The third kappa shape index (κ3) is 3.66. The number of carbonyl (C=O) groups excluding carboxylic acids is 2. The highest BCUT2D eigenvalue weighted by molar-refractivity contribution is 7.80. The Morgan fingerprint density at radius 3 is 2.35 bits per heavy atom. The first-order chi connectivity index (χ1) is 12.3. The molecule has 0 radical (unpaired) electrons. The molecule has 10 nitrogen and oxygen atoms in total. The van der Waals surface area contributed by atoms with Gasteiger partial charge in [0.2, 0.25) is 5.91 Å². The van der Waals surface area contributed by atoms with Gasteiger partial charge in [-0.15, -0.1) is 4.28 Å². The molecule has 0 aromatic heterocycles. The molecule has 3 amide bonds. The summed E-state index contributed by atoms with van der Waals surface area (Å²) in [5.41, 5.74) is 0. The van der Waals surface area contributed by atoms with Crippen molar-refractivity contribution in [3.05, 3.63) is 0 Å². The minimum absolute atomic E-state index is 0.109. The fourth-order valence-electron chi connectivity index (χ4n) is 4.25. The van der Waals surface area contributed by atoms with E-state index in [0.717, 1.165) is 32.0 Å². The zero-order chi connectivity index (χ0) is 18.5. The molecule has 2 bridgehead atoms. The van der Waals surface area contributed by atoms with E-state index in [1.54, 1.807) is 0 Å². The maximum Gasteiger partial charge on any atom is 0.418 e. The lowest BCUT2D eigenvalue weighted by Gasteiger charge is -2.35. The molecule has 11 heteroatoms. The average Bonchev–Trinajstić information content (AvgIpc) is 3.40. The number of hydroxylamine groups is 2. The van der Waals surface area contributed by atoms with Crippen LogP contribution in [0.4, 0.5) is 4.79 Å². The van der Waals surface area contributed by atoms with Crippen molar-refractivity contribution in [1.82, 2.24) is 20.2 Å². The Morgan fingerprint density at radius 1 is 1.08 bits per heavy atom. The zero-order valence-corrected chi connectivity index (χ0v) is 15.2. The SMILES string of the molecule is O=C(NC1CCN(C2CC2)CC1)[C@H]1CC[C@@H]2CN1C(=O)N2OS(=O)(=O)O. The van der Waals surface area contributed by atoms with Crippen LogP contribution in [-0.2, 0) is 19.5 Å². The van der Waals surface area contributed by atoms with Gasteiger partial charge in [-0.2, -0.15) is 13.5 Å². The molecule has 3 aliphatic heterocycles. The molecule has 2 N–H and O–H groups in total. The maximum absolute atomic E-state index is 12.7. The van der Waals surface area contributed by atoms with Gasteiger partial charge in [0.1, 0.15) is 6.04 Å². The summed E-state index contributed by atoms with van der Waals surface area (Å²) in [6.45, 7) is 2.19. The standard InChI is InChI=1S/C15H24N4O6S/c20-14(16-10-5-7-17(8-6-10)11-1-2-11)13-4-3-12-9-18(13)15(21)19(12)25-26(22,23)24/h10-13H,1-9H2,(H,16,20)(H,22,23,24)/t12-,13-/m1/s1. The molecule has 26 heavy (non-hydrogen) atoms. The molecule has 0 aromatic carbocycles. The van der Waals surface area contributed by atoms with Crippen molar-refractivity contribution in [3.8, 4) is 0 Å². The summed E-state index contributed by atoms with van der Waals surface area (Å²) < 4.78 is 35.0. The van der Waals surface area contributed by atoms with E-state index < -0.39 is 28.5 Å². The van der Waals surface area contributed by atoms with Crippen LogP contribution in [0.3, 0.4) is 0 Å². The quantitative estimate of drug-likeness (QED) is 0.622. The van der Waals surface area contributed by atoms with E-state index in [1.165, 1.54) is 17.7 Å². The van der Waals surface area contributed by atoms with Crippen molar-refractivity contribution in [2.24, 2.45) is 0 Å².